The Morgan fingerprint density at radius 3 is 2.88 bits per heavy atom. The molecule has 2 aromatic rings. The quantitative estimate of drug-likeness (QED) is 0.804. The molecule has 0 bridgehead atoms. The third kappa shape index (κ3) is 3.69. The van der Waals surface area contributed by atoms with Gasteiger partial charge in [0.05, 0.1) is 0 Å². The minimum atomic E-state index is -0.138. The van der Waals surface area contributed by atoms with Crippen molar-refractivity contribution in [2.75, 3.05) is 13.1 Å². The van der Waals surface area contributed by atoms with Gasteiger partial charge in [-0.1, -0.05) is 12.1 Å². The fraction of sp³-hybridized carbons (Fsp3) is 0.550. The zero-order valence-corrected chi connectivity index (χ0v) is 14.4. The maximum atomic E-state index is 13.3. The number of nitrogens with zero attached hydrogens (tertiary/aromatic N) is 3. The van der Waals surface area contributed by atoms with Gasteiger partial charge < -0.3 is 4.57 Å². The molecule has 0 N–H and O–H groups in total. The molecule has 2 fully saturated rings. The third-order valence-electron chi connectivity index (χ3n) is 5.41. The third-order valence-corrected chi connectivity index (χ3v) is 5.41. The van der Waals surface area contributed by atoms with Crippen molar-refractivity contribution in [3.8, 4) is 0 Å². The van der Waals surface area contributed by atoms with Gasteiger partial charge >= 0.3 is 0 Å². The van der Waals surface area contributed by atoms with Crippen LogP contribution in [0.5, 0.6) is 0 Å². The summed E-state index contributed by atoms with van der Waals surface area (Å²) in [7, 11) is 0. The van der Waals surface area contributed by atoms with Crippen LogP contribution in [0, 0.1) is 24.6 Å². The monoisotopic (exact) mass is 327 g/mol. The van der Waals surface area contributed by atoms with Crippen LogP contribution in [0.15, 0.2) is 30.5 Å². The lowest BCUT2D eigenvalue weighted by Crippen LogP contribution is -2.21. The molecule has 1 aromatic carbocycles. The Bertz CT molecular complexity index is 705. The molecule has 128 valence electrons. The van der Waals surface area contributed by atoms with E-state index in [-0.39, 0.29) is 5.82 Å². The van der Waals surface area contributed by atoms with Gasteiger partial charge in [-0.15, -0.1) is 0 Å². The molecular weight excluding hydrogens is 301 g/mol. The first-order valence-corrected chi connectivity index (χ1v) is 9.15. The molecular formula is C20H26FN3. The van der Waals surface area contributed by atoms with Crippen molar-refractivity contribution in [1.82, 2.24) is 14.5 Å². The lowest BCUT2D eigenvalue weighted by atomic mass is 10.0. The van der Waals surface area contributed by atoms with Crippen molar-refractivity contribution in [2.24, 2.45) is 11.8 Å². The van der Waals surface area contributed by atoms with Crippen molar-refractivity contribution in [1.29, 1.82) is 0 Å². The first-order chi connectivity index (χ1) is 11.7. The van der Waals surface area contributed by atoms with Crippen LogP contribution in [0.1, 0.15) is 36.3 Å². The van der Waals surface area contributed by atoms with Crippen LogP contribution in [-0.2, 0) is 19.5 Å². The second-order valence-corrected chi connectivity index (χ2v) is 7.59. The van der Waals surface area contributed by atoms with Gasteiger partial charge in [0.2, 0.25) is 0 Å². The molecule has 1 aliphatic carbocycles. The Kier molecular flexibility index (Phi) is 4.40. The predicted molar refractivity (Wildman–Crippen MR) is 93.2 cm³/mol. The lowest BCUT2D eigenvalue weighted by Gasteiger charge is -2.17. The fourth-order valence-corrected chi connectivity index (χ4v) is 3.86. The molecule has 1 unspecified atom stereocenters. The van der Waals surface area contributed by atoms with Crippen molar-refractivity contribution >= 4 is 0 Å². The van der Waals surface area contributed by atoms with Crippen LogP contribution in [0.3, 0.4) is 0 Å². The molecule has 1 saturated carbocycles. The van der Waals surface area contributed by atoms with Gasteiger partial charge in [0.15, 0.2) is 0 Å². The number of aromatic nitrogens is 2. The zero-order valence-electron chi connectivity index (χ0n) is 14.4. The number of benzene rings is 1. The number of likely N-dealkylation sites (tertiary alicyclic amines) is 1. The van der Waals surface area contributed by atoms with Crippen molar-refractivity contribution < 1.29 is 4.39 Å². The average molecular weight is 327 g/mol. The van der Waals surface area contributed by atoms with Crippen LogP contribution in [0.4, 0.5) is 4.39 Å². The normalized spacial score (nSPS) is 21.5. The highest BCUT2D eigenvalue weighted by Crippen LogP contribution is 2.32. The van der Waals surface area contributed by atoms with Gasteiger partial charge in [-0.3, -0.25) is 4.90 Å². The topological polar surface area (TPSA) is 21.1 Å². The Labute approximate surface area is 143 Å². The molecule has 2 heterocycles. The van der Waals surface area contributed by atoms with E-state index in [0.717, 1.165) is 44.1 Å². The van der Waals surface area contributed by atoms with Gasteiger partial charge in [-0.25, -0.2) is 9.37 Å². The Balaban J connectivity index is 1.35. The smallest absolute Gasteiger partial charge is 0.123 e. The van der Waals surface area contributed by atoms with E-state index in [0.29, 0.717) is 5.92 Å². The summed E-state index contributed by atoms with van der Waals surface area (Å²) in [5, 5.41) is 0. The fourth-order valence-electron chi connectivity index (χ4n) is 3.86. The van der Waals surface area contributed by atoms with Gasteiger partial charge in [-0.2, -0.15) is 0 Å². The number of rotatable bonds is 6. The Hall–Kier alpha value is -1.68. The summed E-state index contributed by atoms with van der Waals surface area (Å²) in [5.41, 5.74) is 2.37. The highest BCUT2D eigenvalue weighted by Gasteiger charge is 2.27. The first kappa shape index (κ1) is 15.8. The molecule has 1 atom stereocenters. The van der Waals surface area contributed by atoms with Crippen molar-refractivity contribution in [3.63, 3.8) is 0 Å². The van der Waals surface area contributed by atoms with E-state index in [1.54, 1.807) is 12.1 Å². The Morgan fingerprint density at radius 1 is 1.21 bits per heavy atom. The summed E-state index contributed by atoms with van der Waals surface area (Å²) in [6.07, 6.45) is 7.06. The van der Waals surface area contributed by atoms with Gasteiger partial charge in [0, 0.05) is 37.9 Å². The summed E-state index contributed by atoms with van der Waals surface area (Å²) in [6.45, 7) is 6.36. The Morgan fingerprint density at radius 2 is 2.08 bits per heavy atom. The minimum absolute atomic E-state index is 0.138. The molecule has 1 aromatic heterocycles. The SMILES string of the molecule is Cc1cnc(CC2CCN(Cc3cccc(F)c3)C2)n1CC1CC1. The van der Waals surface area contributed by atoms with Gasteiger partial charge in [0.1, 0.15) is 11.6 Å². The largest absolute Gasteiger partial charge is 0.332 e. The number of hydrogen-bond acceptors (Lipinski definition) is 2. The predicted octanol–water partition coefficient (Wildman–Crippen LogP) is 3.81. The lowest BCUT2D eigenvalue weighted by molar-refractivity contribution is 0.314. The number of imidazole rings is 1. The second-order valence-electron chi connectivity index (χ2n) is 7.59. The highest BCUT2D eigenvalue weighted by molar-refractivity contribution is 5.16. The van der Waals surface area contributed by atoms with Crippen LogP contribution in [0.2, 0.25) is 0 Å². The maximum Gasteiger partial charge on any atom is 0.123 e. The minimum Gasteiger partial charge on any atom is -0.332 e. The summed E-state index contributed by atoms with van der Waals surface area (Å²) >= 11 is 0. The number of aryl methyl sites for hydroxylation is 1. The first-order valence-electron chi connectivity index (χ1n) is 9.15. The summed E-state index contributed by atoms with van der Waals surface area (Å²) < 4.78 is 15.8. The van der Waals surface area contributed by atoms with E-state index in [1.807, 2.05) is 12.3 Å². The van der Waals surface area contributed by atoms with Gasteiger partial charge in [-0.05, 0) is 62.3 Å². The molecule has 1 aliphatic heterocycles. The van der Waals surface area contributed by atoms with E-state index in [9.17, 15) is 4.39 Å². The maximum absolute atomic E-state index is 13.3. The van der Waals surface area contributed by atoms with E-state index in [1.165, 1.54) is 36.8 Å². The van der Waals surface area contributed by atoms with E-state index < -0.39 is 0 Å². The highest BCUT2D eigenvalue weighted by atomic mass is 19.1. The molecule has 4 heteroatoms. The average Bonchev–Trinajstić information content (AvgIpc) is 3.18. The van der Waals surface area contributed by atoms with Crippen LogP contribution in [0.25, 0.3) is 0 Å². The van der Waals surface area contributed by atoms with Gasteiger partial charge in [0.25, 0.3) is 0 Å². The van der Waals surface area contributed by atoms with Crippen LogP contribution >= 0.6 is 0 Å². The van der Waals surface area contributed by atoms with E-state index in [2.05, 4.69) is 21.4 Å². The van der Waals surface area contributed by atoms with E-state index >= 15 is 0 Å². The second kappa shape index (κ2) is 6.67. The summed E-state index contributed by atoms with van der Waals surface area (Å²) in [6, 6.07) is 6.98. The zero-order chi connectivity index (χ0) is 16.5. The van der Waals surface area contributed by atoms with E-state index in [4.69, 9.17) is 0 Å². The molecule has 4 rings (SSSR count). The molecule has 0 amide bonds. The van der Waals surface area contributed by atoms with Crippen molar-refractivity contribution in [2.45, 2.75) is 45.7 Å². The molecule has 24 heavy (non-hydrogen) atoms. The number of halogens is 1. The summed E-state index contributed by atoms with van der Waals surface area (Å²) in [4.78, 5) is 7.12. The van der Waals surface area contributed by atoms with Crippen molar-refractivity contribution in [3.05, 3.63) is 53.4 Å². The molecule has 0 radical (unpaired) electrons. The molecule has 2 aliphatic rings. The summed E-state index contributed by atoms with van der Waals surface area (Å²) in [5.74, 6) is 2.67. The number of hydrogen-bond donors (Lipinski definition) is 0. The molecule has 3 nitrogen and oxygen atoms in total. The van der Waals surface area contributed by atoms with Crippen LogP contribution < -0.4 is 0 Å². The molecule has 0 spiro atoms. The standard InChI is InChI=1S/C20H26FN3/c1-15-11-22-20(24(15)14-16-5-6-16)10-18-7-8-23(13-18)12-17-3-2-4-19(21)9-17/h2-4,9,11,16,18H,5-8,10,12-14H2,1H3. The molecule has 1 saturated heterocycles. The van der Waals surface area contributed by atoms with Crippen LogP contribution in [-0.4, -0.2) is 27.5 Å².